The summed E-state index contributed by atoms with van der Waals surface area (Å²) in [5.41, 5.74) is 5.30. The zero-order chi connectivity index (χ0) is 11.1. The minimum absolute atomic E-state index is 0.286. The Kier molecular flexibility index (Phi) is 6.34. The van der Waals surface area contributed by atoms with Crippen LogP contribution in [-0.2, 0) is 0 Å². The molecule has 0 aliphatic carbocycles. The summed E-state index contributed by atoms with van der Waals surface area (Å²) in [5, 5.41) is 0. The van der Waals surface area contributed by atoms with Gasteiger partial charge in [-0.1, -0.05) is 27.7 Å². The summed E-state index contributed by atoms with van der Waals surface area (Å²) in [6, 6.07) is -0.286. The summed E-state index contributed by atoms with van der Waals surface area (Å²) >= 11 is 0. The van der Waals surface area contributed by atoms with E-state index < -0.39 is 0 Å². The maximum atomic E-state index is 11.1. The molecular formula is C11H24N2O. The fourth-order valence-corrected chi connectivity index (χ4v) is 1.16. The van der Waals surface area contributed by atoms with Crippen molar-refractivity contribution in [1.29, 1.82) is 0 Å². The van der Waals surface area contributed by atoms with Crippen molar-refractivity contribution in [3.63, 3.8) is 0 Å². The van der Waals surface area contributed by atoms with E-state index in [2.05, 4.69) is 27.7 Å². The summed E-state index contributed by atoms with van der Waals surface area (Å²) in [5.74, 6) is 1.24. The van der Waals surface area contributed by atoms with Gasteiger partial charge in [0, 0.05) is 13.1 Å². The summed E-state index contributed by atoms with van der Waals surface area (Å²) in [6.45, 7) is 10.2. The second-order valence-corrected chi connectivity index (χ2v) is 4.69. The van der Waals surface area contributed by atoms with Gasteiger partial charge in [0.2, 0.25) is 0 Å². The molecule has 0 aromatic heterocycles. The first kappa shape index (κ1) is 13.3. The second kappa shape index (κ2) is 6.68. The van der Waals surface area contributed by atoms with Crippen LogP contribution in [0, 0.1) is 11.8 Å². The number of carbonyl (C=O) groups excluding carboxylic acids is 1. The zero-order valence-corrected chi connectivity index (χ0v) is 9.92. The van der Waals surface area contributed by atoms with Crippen molar-refractivity contribution >= 4 is 6.03 Å². The first-order valence-corrected chi connectivity index (χ1v) is 5.47. The van der Waals surface area contributed by atoms with Gasteiger partial charge in [0.1, 0.15) is 0 Å². The van der Waals surface area contributed by atoms with E-state index in [1.54, 1.807) is 4.90 Å². The van der Waals surface area contributed by atoms with Crippen LogP contribution in [0.1, 0.15) is 40.5 Å². The molecule has 0 unspecified atom stereocenters. The van der Waals surface area contributed by atoms with Crippen LogP contribution in [-0.4, -0.2) is 24.0 Å². The summed E-state index contributed by atoms with van der Waals surface area (Å²) in [7, 11) is 0. The molecule has 0 aliphatic heterocycles. The largest absolute Gasteiger partial charge is 0.351 e. The first-order valence-electron chi connectivity index (χ1n) is 5.47. The Morgan fingerprint density at radius 2 is 1.43 bits per heavy atom. The maximum Gasteiger partial charge on any atom is 0.314 e. The molecule has 0 aliphatic rings. The number of hydrogen-bond donors (Lipinski definition) is 1. The fraction of sp³-hybridized carbons (Fsp3) is 0.909. The highest BCUT2D eigenvalue weighted by atomic mass is 16.2. The lowest BCUT2D eigenvalue weighted by atomic mass is 10.1. The number of carbonyl (C=O) groups is 1. The van der Waals surface area contributed by atoms with Crippen molar-refractivity contribution in [3.8, 4) is 0 Å². The fourth-order valence-electron chi connectivity index (χ4n) is 1.16. The standard InChI is InChI=1S/C11H24N2O/c1-9(2)5-7-13(11(12)14)8-6-10(3)4/h9-10H,5-8H2,1-4H3,(H2,12,14). The minimum atomic E-state index is -0.286. The van der Waals surface area contributed by atoms with Crippen LogP contribution in [0.15, 0.2) is 0 Å². The van der Waals surface area contributed by atoms with E-state index in [-0.39, 0.29) is 6.03 Å². The van der Waals surface area contributed by atoms with Crippen molar-refractivity contribution < 1.29 is 4.79 Å². The molecule has 0 fully saturated rings. The summed E-state index contributed by atoms with van der Waals surface area (Å²) < 4.78 is 0. The SMILES string of the molecule is CC(C)CCN(CCC(C)C)C(N)=O. The van der Waals surface area contributed by atoms with E-state index in [4.69, 9.17) is 5.73 Å². The van der Waals surface area contributed by atoms with E-state index in [9.17, 15) is 4.79 Å². The van der Waals surface area contributed by atoms with Gasteiger partial charge in [0.15, 0.2) is 0 Å². The van der Waals surface area contributed by atoms with Gasteiger partial charge in [-0.15, -0.1) is 0 Å². The molecule has 3 heteroatoms. The van der Waals surface area contributed by atoms with Crippen LogP contribution in [0.4, 0.5) is 4.79 Å². The van der Waals surface area contributed by atoms with Gasteiger partial charge in [-0.25, -0.2) is 4.79 Å². The third-order valence-corrected chi connectivity index (χ3v) is 2.26. The quantitative estimate of drug-likeness (QED) is 0.703. The second-order valence-electron chi connectivity index (χ2n) is 4.69. The smallest absolute Gasteiger partial charge is 0.314 e. The van der Waals surface area contributed by atoms with Crippen molar-refractivity contribution in [1.82, 2.24) is 4.90 Å². The van der Waals surface area contributed by atoms with Gasteiger partial charge in [-0.2, -0.15) is 0 Å². The Labute approximate surface area is 87.6 Å². The molecule has 14 heavy (non-hydrogen) atoms. The van der Waals surface area contributed by atoms with E-state index in [0.29, 0.717) is 11.8 Å². The minimum Gasteiger partial charge on any atom is -0.351 e. The highest BCUT2D eigenvalue weighted by molar-refractivity contribution is 5.71. The van der Waals surface area contributed by atoms with E-state index in [1.807, 2.05) is 0 Å². The van der Waals surface area contributed by atoms with Crippen LogP contribution in [0.5, 0.6) is 0 Å². The lowest BCUT2D eigenvalue weighted by Crippen LogP contribution is -2.38. The molecule has 0 aromatic carbocycles. The average Bonchev–Trinajstić information content (AvgIpc) is 2.02. The molecule has 0 radical (unpaired) electrons. The van der Waals surface area contributed by atoms with Crippen LogP contribution < -0.4 is 5.73 Å². The lowest BCUT2D eigenvalue weighted by molar-refractivity contribution is 0.201. The molecule has 0 saturated heterocycles. The number of nitrogens with two attached hydrogens (primary N) is 1. The van der Waals surface area contributed by atoms with Gasteiger partial charge < -0.3 is 10.6 Å². The Morgan fingerprint density at radius 1 is 1.07 bits per heavy atom. The van der Waals surface area contributed by atoms with Crippen molar-refractivity contribution in [2.24, 2.45) is 17.6 Å². The van der Waals surface area contributed by atoms with Crippen LogP contribution in [0.25, 0.3) is 0 Å². The van der Waals surface area contributed by atoms with Gasteiger partial charge >= 0.3 is 6.03 Å². The summed E-state index contributed by atoms with van der Waals surface area (Å²) in [4.78, 5) is 12.8. The Hall–Kier alpha value is -0.730. The third kappa shape index (κ3) is 6.75. The molecule has 0 aromatic rings. The molecule has 0 rings (SSSR count). The van der Waals surface area contributed by atoms with Gasteiger partial charge in [-0.3, -0.25) is 0 Å². The molecule has 0 heterocycles. The molecule has 2 N–H and O–H groups in total. The van der Waals surface area contributed by atoms with Crippen molar-refractivity contribution in [2.45, 2.75) is 40.5 Å². The molecular weight excluding hydrogens is 176 g/mol. The lowest BCUT2D eigenvalue weighted by Gasteiger charge is -2.22. The van der Waals surface area contributed by atoms with Crippen LogP contribution in [0.3, 0.4) is 0 Å². The number of amides is 2. The first-order chi connectivity index (χ1) is 6.43. The molecule has 2 amide bonds. The normalized spacial score (nSPS) is 11.0. The highest BCUT2D eigenvalue weighted by Crippen LogP contribution is 2.05. The molecule has 0 saturated carbocycles. The van der Waals surface area contributed by atoms with E-state index >= 15 is 0 Å². The average molecular weight is 200 g/mol. The predicted octanol–water partition coefficient (Wildman–Crippen LogP) is 2.46. The Balaban J connectivity index is 3.84. The van der Waals surface area contributed by atoms with Gasteiger partial charge in [-0.05, 0) is 24.7 Å². The van der Waals surface area contributed by atoms with Crippen molar-refractivity contribution in [3.05, 3.63) is 0 Å². The number of primary amides is 1. The van der Waals surface area contributed by atoms with Gasteiger partial charge in [0.25, 0.3) is 0 Å². The van der Waals surface area contributed by atoms with Crippen molar-refractivity contribution in [2.75, 3.05) is 13.1 Å². The number of urea groups is 1. The van der Waals surface area contributed by atoms with E-state index in [0.717, 1.165) is 25.9 Å². The number of nitrogens with zero attached hydrogens (tertiary/aromatic N) is 1. The maximum absolute atomic E-state index is 11.1. The molecule has 84 valence electrons. The topological polar surface area (TPSA) is 46.3 Å². The van der Waals surface area contributed by atoms with Crippen LogP contribution in [0.2, 0.25) is 0 Å². The third-order valence-electron chi connectivity index (χ3n) is 2.26. The predicted molar refractivity (Wildman–Crippen MR) is 60.1 cm³/mol. The monoisotopic (exact) mass is 200 g/mol. The van der Waals surface area contributed by atoms with Crippen LogP contribution >= 0.6 is 0 Å². The highest BCUT2D eigenvalue weighted by Gasteiger charge is 2.10. The number of rotatable bonds is 6. The molecule has 0 atom stereocenters. The summed E-state index contributed by atoms with van der Waals surface area (Å²) in [6.07, 6.45) is 2.06. The zero-order valence-electron chi connectivity index (χ0n) is 9.92. The molecule has 0 spiro atoms. The van der Waals surface area contributed by atoms with E-state index in [1.165, 1.54) is 0 Å². The Morgan fingerprint density at radius 3 is 1.64 bits per heavy atom. The molecule has 0 bridgehead atoms. The number of hydrogen-bond acceptors (Lipinski definition) is 1. The van der Waals surface area contributed by atoms with Gasteiger partial charge in [0.05, 0.1) is 0 Å². The molecule has 3 nitrogen and oxygen atoms in total. The Bertz CT molecular complexity index is 155.